The van der Waals surface area contributed by atoms with Crippen molar-refractivity contribution in [2.45, 2.75) is 19.5 Å². The molecule has 1 aliphatic rings. The van der Waals surface area contributed by atoms with Crippen molar-refractivity contribution in [3.63, 3.8) is 0 Å². The Balaban J connectivity index is 1.34. The zero-order valence-corrected chi connectivity index (χ0v) is 15.8. The van der Waals surface area contributed by atoms with Crippen molar-refractivity contribution < 1.29 is 0 Å². The summed E-state index contributed by atoms with van der Waals surface area (Å²) in [6.07, 6.45) is 8.08. The van der Waals surface area contributed by atoms with Crippen LogP contribution in [0.25, 0.3) is 17.1 Å². The summed E-state index contributed by atoms with van der Waals surface area (Å²) in [5.41, 5.74) is 4.60. The lowest BCUT2D eigenvalue weighted by molar-refractivity contribution is 0.242. The maximum absolute atomic E-state index is 12.7. The van der Waals surface area contributed by atoms with Gasteiger partial charge in [0.1, 0.15) is 5.82 Å². The molecule has 0 saturated heterocycles. The molecule has 0 bridgehead atoms. The monoisotopic (exact) mass is 384 g/mol. The first-order valence-corrected chi connectivity index (χ1v) is 9.60. The van der Waals surface area contributed by atoms with Crippen LogP contribution in [0, 0.1) is 0 Å². The molecule has 0 radical (unpaired) electrons. The Morgan fingerprint density at radius 1 is 1.07 bits per heavy atom. The Bertz CT molecular complexity index is 1180. The van der Waals surface area contributed by atoms with E-state index in [0.29, 0.717) is 12.4 Å². The lowest BCUT2D eigenvalue weighted by Crippen LogP contribution is -2.35. The fraction of sp³-hybridized carbons (Fsp3) is 0.182. The largest absolute Gasteiger partial charge is 0.306 e. The van der Waals surface area contributed by atoms with Gasteiger partial charge >= 0.3 is 0 Å². The highest BCUT2D eigenvalue weighted by molar-refractivity contribution is 5.54. The Hall–Kier alpha value is -3.58. The van der Waals surface area contributed by atoms with Gasteiger partial charge in [0.2, 0.25) is 0 Å². The highest BCUT2D eigenvalue weighted by atomic mass is 16.1. The molecule has 0 aliphatic carbocycles. The fourth-order valence-electron chi connectivity index (χ4n) is 3.68. The first kappa shape index (κ1) is 17.5. The quantitative estimate of drug-likeness (QED) is 0.585. The maximum atomic E-state index is 12.7. The standard InChI is InChI=1S/C22H20N6O/c29-22-19-15-27(13-16-12-24-28(14-16)18-4-2-1-3-5-18)11-8-20(19)25-21(26-22)17-6-9-23-10-7-17/h1-7,9-10,12,14H,8,11,13,15H2,(H,25,26,29). The topological polar surface area (TPSA) is 79.7 Å². The smallest absolute Gasteiger partial charge is 0.255 e. The molecule has 1 N–H and O–H groups in total. The van der Waals surface area contributed by atoms with Crippen LogP contribution in [0.5, 0.6) is 0 Å². The van der Waals surface area contributed by atoms with Crippen molar-refractivity contribution in [1.29, 1.82) is 0 Å². The summed E-state index contributed by atoms with van der Waals surface area (Å²) in [6.45, 7) is 2.19. The van der Waals surface area contributed by atoms with E-state index in [0.717, 1.165) is 47.6 Å². The van der Waals surface area contributed by atoms with E-state index in [2.05, 4.69) is 20.0 Å². The van der Waals surface area contributed by atoms with Gasteiger partial charge in [-0.2, -0.15) is 5.10 Å². The number of nitrogens with one attached hydrogen (secondary N) is 1. The summed E-state index contributed by atoms with van der Waals surface area (Å²) in [6, 6.07) is 13.7. The molecule has 0 saturated carbocycles. The van der Waals surface area contributed by atoms with Crippen molar-refractivity contribution in [1.82, 2.24) is 29.6 Å². The van der Waals surface area contributed by atoms with Crippen LogP contribution >= 0.6 is 0 Å². The molecule has 29 heavy (non-hydrogen) atoms. The summed E-state index contributed by atoms with van der Waals surface area (Å²) >= 11 is 0. The Labute approximate surface area is 167 Å². The van der Waals surface area contributed by atoms with Gasteiger partial charge in [0.25, 0.3) is 5.56 Å². The molecule has 0 atom stereocenters. The second-order valence-corrected chi connectivity index (χ2v) is 7.17. The lowest BCUT2D eigenvalue weighted by Gasteiger charge is -2.27. The molecule has 5 rings (SSSR count). The van der Waals surface area contributed by atoms with Gasteiger partial charge in [-0.05, 0) is 24.3 Å². The van der Waals surface area contributed by atoms with Crippen LogP contribution in [0.1, 0.15) is 16.8 Å². The van der Waals surface area contributed by atoms with Crippen LogP contribution in [0.4, 0.5) is 0 Å². The number of rotatable bonds is 4. The molecule has 0 fully saturated rings. The number of H-pyrrole nitrogens is 1. The van der Waals surface area contributed by atoms with E-state index in [-0.39, 0.29) is 5.56 Å². The molecule has 0 amide bonds. The second-order valence-electron chi connectivity index (χ2n) is 7.17. The van der Waals surface area contributed by atoms with Gasteiger partial charge in [0.15, 0.2) is 0 Å². The van der Waals surface area contributed by atoms with Gasteiger partial charge < -0.3 is 4.98 Å². The zero-order valence-electron chi connectivity index (χ0n) is 15.8. The van der Waals surface area contributed by atoms with E-state index in [1.807, 2.05) is 59.5 Å². The fourth-order valence-corrected chi connectivity index (χ4v) is 3.68. The van der Waals surface area contributed by atoms with Gasteiger partial charge in [0, 0.05) is 55.8 Å². The van der Waals surface area contributed by atoms with E-state index in [1.54, 1.807) is 12.4 Å². The Morgan fingerprint density at radius 2 is 1.90 bits per heavy atom. The average Bonchev–Trinajstić information content (AvgIpc) is 3.24. The minimum Gasteiger partial charge on any atom is -0.306 e. The number of fused-ring (bicyclic) bond motifs is 1. The number of pyridine rings is 1. The molecule has 4 aromatic rings. The van der Waals surface area contributed by atoms with Gasteiger partial charge in [-0.15, -0.1) is 0 Å². The predicted octanol–water partition coefficient (Wildman–Crippen LogP) is 2.58. The number of hydrogen-bond acceptors (Lipinski definition) is 5. The Morgan fingerprint density at radius 3 is 2.72 bits per heavy atom. The number of aromatic nitrogens is 5. The third kappa shape index (κ3) is 3.60. The summed E-state index contributed by atoms with van der Waals surface area (Å²) in [7, 11) is 0. The van der Waals surface area contributed by atoms with E-state index in [4.69, 9.17) is 4.98 Å². The number of benzene rings is 1. The molecule has 0 spiro atoms. The summed E-state index contributed by atoms with van der Waals surface area (Å²) < 4.78 is 1.88. The minimum absolute atomic E-state index is 0.0634. The first-order valence-electron chi connectivity index (χ1n) is 9.60. The van der Waals surface area contributed by atoms with Gasteiger partial charge in [0.05, 0.1) is 23.1 Å². The van der Waals surface area contributed by atoms with Crippen molar-refractivity contribution in [3.8, 4) is 17.1 Å². The number of para-hydroxylation sites is 1. The summed E-state index contributed by atoms with van der Waals surface area (Å²) in [5.74, 6) is 0.605. The van der Waals surface area contributed by atoms with Gasteiger partial charge in [-0.3, -0.25) is 14.7 Å². The minimum atomic E-state index is -0.0634. The number of nitrogens with zero attached hydrogens (tertiary/aromatic N) is 5. The van der Waals surface area contributed by atoms with E-state index in [9.17, 15) is 4.79 Å². The summed E-state index contributed by atoms with van der Waals surface area (Å²) in [4.78, 5) is 26.6. The van der Waals surface area contributed by atoms with Gasteiger partial charge in [-0.1, -0.05) is 18.2 Å². The van der Waals surface area contributed by atoms with Crippen LogP contribution in [-0.2, 0) is 19.5 Å². The van der Waals surface area contributed by atoms with Crippen LogP contribution in [-0.4, -0.2) is 36.2 Å². The zero-order chi connectivity index (χ0) is 19.6. The molecule has 0 unspecified atom stereocenters. The van der Waals surface area contributed by atoms with Crippen molar-refractivity contribution in [3.05, 3.63) is 94.4 Å². The van der Waals surface area contributed by atoms with Crippen LogP contribution in [0.3, 0.4) is 0 Å². The molecule has 1 aliphatic heterocycles. The predicted molar refractivity (Wildman–Crippen MR) is 109 cm³/mol. The third-order valence-corrected chi connectivity index (χ3v) is 5.16. The van der Waals surface area contributed by atoms with E-state index < -0.39 is 0 Å². The van der Waals surface area contributed by atoms with Crippen LogP contribution in [0.15, 0.2) is 72.0 Å². The number of aromatic amines is 1. The maximum Gasteiger partial charge on any atom is 0.255 e. The van der Waals surface area contributed by atoms with Crippen molar-refractivity contribution in [2.75, 3.05) is 6.54 Å². The molecule has 1 aromatic carbocycles. The molecular formula is C22H20N6O. The Kier molecular flexibility index (Phi) is 4.50. The molecule has 7 nitrogen and oxygen atoms in total. The normalized spacial score (nSPS) is 13.9. The van der Waals surface area contributed by atoms with Crippen LogP contribution < -0.4 is 5.56 Å². The molecule has 144 valence electrons. The third-order valence-electron chi connectivity index (χ3n) is 5.16. The van der Waals surface area contributed by atoms with Crippen molar-refractivity contribution >= 4 is 0 Å². The molecular weight excluding hydrogens is 364 g/mol. The van der Waals surface area contributed by atoms with E-state index >= 15 is 0 Å². The van der Waals surface area contributed by atoms with Gasteiger partial charge in [-0.25, -0.2) is 9.67 Å². The highest BCUT2D eigenvalue weighted by Gasteiger charge is 2.22. The van der Waals surface area contributed by atoms with Crippen LogP contribution in [0.2, 0.25) is 0 Å². The molecule has 3 aromatic heterocycles. The summed E-state index contributed by atoms with van der Waals surface area (Å²) in [5, 5.41) is 4.46. The molecule has 4 heterocycles. The number of hydrogen-bond donors (Lipinski definition) is 1. The SMILES string of the molecule is O=c1[nH]c(-c2ccncc2)nc2c1CN(Cc1cnn(-c3ccccc3)c1)CC2. The highest BCUT2D eigenvalue weighted by Crippen LogP contribution is 2.20. The van der Waals surface area contributed by atoms with E-state index in [1.165, 1.54) is 0 Å². The second kappa shape index (κ2) is 7.44. The first-order chi connectivity index (χ1) is 14.3. The molecule has 7 heteroatoms. The lowest BCUT2D eigenvalue weighted by atomic mass is 10.1. The van der Waals surface area contributed by atoms with Crippen molar-refractivity contribution in [2.24, 2.45) is 0 Å². The average molecular weight is 384 g/mol.